The van der Waals surface area contributed by atoms with Crippen molar-refractivity contribution in [3.63, 3.8) is 0 Å². The standard InChI is InChI=1S/C21H27NO4/c1-20(2,3)15-7-8-16(21(4,5)6)14(9-15)12-26-18(24)11-13-10-17(23)22-19(13)25/h7-10H,11-12H2,1-6H3,(H,22,23,25). The van der Waals surface area contributed by atoms with Gasteiger partial charge in [0.15, 0.2) is 0 Å². The topological polar surface area (TPSA) is 72.5 Å². The van der Waals surface area contributed by atoms with Crippen molar-refractivity contribution in [2.75, 3.05) is 0 Å². The van der Waals surface area contributed by atoms with Crippen LogP contribution in [0.4, 0.5) is 0 Å². The van der Waals surface area contributed by atoms with Gasteiger partial charge in [-0.1, -0.05) is 59.7 Å². The number of carbonyl (C=O) groups excluding carboxylic acids is 3. The molecule has 26 heavy (non-hydrogen) atoms. The zero-order valence-corrected chi connectivity index (χ0v) is 16.4. The number of amides is 2. The number of carbonyl (C=O) groups is 3. The molecule has 1 N–H and O–H groups in total. The van der Waals surface area contributed by atoms with Gasteiger partial charge in [0, 0.05) is 11.6 Å². The highest BCUT2D eigenvalue weighted by Crippen LogP contribution is 2.31. The molecule has 0 radical (unpaired) electrons. The van der Waals surface area contributed by atoms with Gasteiger partial charge < -0.3 is 4.74 Å². The normalized spacial score (nSPS) is 14.9. The maximum absolute atomic E-state index is 12.1. The van der Waals surface area contributed by atoms with Crippen molar-refractivity contribution in [1.82, 2.24) is 5.32 Å². The summed E-state index contributed by atoms with van der Waals surface area (Å²) in [5, 5.41) is 2.12. The molecular formula is C21H27NO4. The molecule has 1 aromatic carbocycles. The van der Waals surface area contributed by atoms with Crippen molar-refractivity contribution in [3.8, 4) is 0 Å². The molecule has 0 aromatic heterocycles. The number of benzene rings is 1. The highest BCUT2D eigenvalue weighted by molar-refractivity contribution is 6.17. The van der Waals surface area contributed by atoms with E-state index in [9.17, 15) is 14.4 Å². The van der Waals surface area contributed by atoms with Gasteiger partial charge in [-0.25, -0.2) is 0 Å². The number of nitrogens with one attached hydrogen (secondary N) is 1. The Morgan fingerprint density at radius 3 is 2.19 bits per heavy atom. The summed E-state index contributed by atoms with van der Waals surface area (Å²) < 4.78 is 5.41. The van der Waals surface area contributed by atoms with Crippen LogP contribution < -0.4 is 5.32 Å². The van der Waals surface area contributed by atoms with Crippen LogP contribution in [0, 0.1) is 0 Å². The predicted octanol–water partition coefficient (Wildman–Crippen LogP) is 3.30. The van der Waals surface area contributed by atoms with Crippen molar-refractivity contribution >= 4 is 17.8 Å². The summed E-state index contributed by atoms with van der Waals surface area (Å²) in [6, 6.07) is 6.29. The van der Waals surface area contributed by atoms with Crippen molar-refractivity contribution in [1.29, 1.82) is 0 Å². The van der Waals surface area contributed by atoms with Gasteiger partial charge in [-0.3, -0.25) is 19.7 Å². The van der Waals surface area contributed by atoms with Crippen molar-refractivity contribution in [2.24, 2.45) is 0 Å². The third kappa shape index (κ3) is 4.81. The summed E-state index contributed by atoms with van der Waals surface area (Å²) in [5.41, 5.74) is 3.28. The molecule has 140 valence electrons. The van der Waals surface area contributed by atoms with Crippen molar-refractivity contribution < 1.29 is 19.1 Å². The van der Waals surface area contributed by atoms with E-state index in [1.807, 2.05) is 0 Å². The number of imide groups is 1. The Kier molecular flexibility index (Phi) is 5.40. The first-order valence-electron chi connectivity index (χ1n) is 8.73. The molecule has 5 nitrogen and oxygen atoms in total. The lowest BCUT2D eigenvalue weighted by atomic mass is 9.79. The van der Waals surface area contributed by atoms with E-state index in [-0.39, 0.29) is 29.4 Å². The third-order valence-electron chi connectivity index (χ3n) is 4.34. The lowest BCUT2D eigenvalue weighted by molar-refractivity contribution is -0.144. The summed E-state index contributed by atoms with van der Waals surface area (Å²) in [5.74, 6) is -1.55. The largest absolute Gasteiger partial charge is 0.461 e. The average Bonchev–Trinajstić information content (AvgIpc) is 2.80. The SMILES string of the molecule is CC(C)(C)c1ccc(C(C)(C)C)c(COC(=O)CC2=CC(=O)NC2=O)c1. The summed E-state index contributed by atoms with van der Waals surface area (Å²) in [6.07, 6.45) is 0.936. The number of esters is 1. The number of hydrogen-bond donors (Lipinski definition) is 1. The van der Waals surface area contributed by atoms with E-state index >= 15 is 0 Å². The van der Waals surface area contributed by atoms with E-state index < -0.39 is 17.8 Å². The molecule has 2 rings (SSSR count). The fraction of sp³-hybridized carbons (Fsp3) is 0.476. The van der Waals surface area contributed by atoms with E-state index in [1.54, 1.807) is 0 Å². The first-order valence-corrected chi connectivity index (χ1v) is 8.73. The molecule has 0 atom stereocenters. The Labute approximate surface area is 154 Å². The molecule has 1 aliphatic heterocycles. The van der Waals surface area contributed by atoms with Gasteiger partial charge in [-0.05, 0) is 27.5 Å². The quantitative estimate of drug-likeness (QED) is 0.663. The van der Waals surface area contributed by atoms with E-state index in [0.717, 1.165) is 17.2 Å². The fourth-order valence-corrected chi connectivity index (χ4v) is 2.86. The zero-order chi connectivity index (χ0) is 19.7. The van der Waals surface area contributed by atoms with Crippen LogP contribution >= 0.6 is 0 Å². The third-order valence-corrected chi connectivity index (χ3v) is 4.34. The molecular weight excluding hydrogens is 330 g/mol. The lowest BCUT2D eigenvalue weighted by Crippen LogP contribution is -2.23. The second kappa shape index (κ2) is 7.06. The molecule has 1 aromatic rings. The molecule has 0 unspecified atom stereocenters. The van der Waals surface area contributed by atoms with Gasteiger partial charge in [0.25, 0.3) is 11.8 Å². The Balaban J connectivity index is 2.16. The van der Waals surface area contributed by atoms with Crippen molar-refractivity contribution in [2.45, 2.75) is 65.4 Å². The molecule has 0 bridgehead atoms. The minimum Gasteiger partial charge on any atom is -0.461 e. The van der Waals surface area contributed by atoms with E-state index in [2.05, 4.69) is 65.1 Å². The van der Waals surface area contributed by atoms with Gasteiger partial charge in [-0.15, -0.1) is 0 Å². The lowest BCUT2D eigenvalue weighted by Gasteiger charge is -2.26. The summed E-state index contributed by atoms with van der Waals surface area (Å²) >= 11 is 0. The summed E-state index contributed by atoms with van der Waals surface area (Å²) in [7, 11) is 0. The molecule has 1 aliphatic rings. The number of ether oxygens (including phenoxy) is 1. The molecule has 0 aliphatic carbocycles. The van der Waals surface area contributed by atoms with Crippen molar-refractivity contribution in [3.05, 3.63) is 46.5 Å². The van der Waals surface area contributed by atoms with Crippen LogP contribution in [0.15, 0.2) is 29.8 Å². The minimum absolute atomic E-state index is 0.0116. The van der Waals surface area contributed by atoms with Crippen LogP contribution in [0.2, 0.25) is 0 Å². The minimum atomic E-state index is -0.530. The highest BCUT2D eigenvalue weighted by Gasteiger charge is 2.25. The maximum Gasteiger partial charge on any atom is 0.310 e. The molecule has 0 fully saturated rings. The fourth-order valence-electron chi connectivity index (χ4n) is 2.86. The maximum atomic E-state index is 12.1. The molecule has 1 heterocycles. The Hall–Kier alpha value is -2.43. The van der Waals surface area contributed by atoms with Gasteiger partial charge in [0.05, 0.1) is 6.42 Å². The second-order valence-electron chi connectivity index (χ2n) is 8.70. The highest BCUT2D eigenvalue weighted by atomic mass is 16.5. The van der Waals surface area contributed by atoms with Gasteiger partial charge in [0.2, 0.25) is 0 Å². The Morgan fingerprint density at radius 1 is 1.04 bits per heavy atom. The van der Waals surface area contributed by atoms with Crippen LogP contribution in [-0.4, -0.2) is 17.8 Å². The first kappa shape index (κ1) is 19.9. The second-order valence-corrected chi connectivity index (χ2v) is 8.70. The first-order chi connectivity index (χ1) is 11.9. The molecule has 0 spiro atoms. The van der Waals surface area contributed by atoms with Crippen LogP contribution in [0.5, 0.6) is 0 Å². The van der Waals surface area contributed by atoms with E-state index in [4.69, 9.17) is 4.74 Å². The van der Waals surface area contributed by atoms with Gasteiger partial charge >= 0.3 is 5.97 Å². The van der Waals surface area contributed by atoms with Crippen LogP contribution in [-0.2, 0) is 36.6 Å². The Morgan fingerprint density at radius 2 is 1.69 bits per heavy atom. The van der Waals surface area contributed by atoms with Crippen LogP contribution in [0.3, 0.4) is 0 Å². The number of hydrogen-bond acceptors (Lipinski definition) is 4. The van der Waals surface area contributed by atoms with Gasteiger partial charge in [-0.2, -0.15) is 0 Å². The Bertz CT molecular complexity index is 776. The molecule has 5 heteroatoms. The predicted molar refractivity (Wildman–Crippen MR) is 99.5 cm³/mol. The summed E-state index contributed by atoms with van der Waals surface area (Å²) in [4.78, 5) is 34.8. The molecule has 0 saturated carbocycles. The average molecular weight is 357 g/mol. The molecule has 2 amide bonds. The van der Waals surface area contributed by atoms with Gasteiger partial charge in [0.1, 0.15) is 6.61 Å². The van der Waals surface area contributed by atoms with E-state index in [0.29, 0.717) is 0 Å². The van der Waals surface area contributed by atoms with Crippen LogP contribution in [0.1, 0.15) is 64.7 Å². The van der Waals surface area contributed by atoms with Crippen LogP contribution in [0.25, 0.3) is 0 Å². The molecule has 0 saturated heterocycles. The van der Waals surface area contributed by atoms with E-state index in [1.165, 1.54) is 5.56 Å². The number of rotatable bonds is 4. The summed E-state index contributed by atoms with van der Waals surface area (Å²) in [6.45, 7) is 12.9. The zero-order valence-electron chi connectivity index (χ0n) is 16.4. The smallest absolute Gasteiger partial charge is 0.310 e. The monoisotopic (exact) mass is 357 g/mol.